The van der Waals surface area contributed by atoms with Gasteiger partial charge in [-0.25, -0.2) is 4.39 Å². The van der Waals surface area contributed by atoms with Crippen LogP contribution < -0.4 is 10.6 Å². The molecule has 1 fully saturated rings. The Morgan fingerprint density at radius 1 is 1.00 bits per heavy atom. The summed E-state index contributed by atoms with van der Waals surface area (Å²) in [5.41, 5.74) is 2.09. The van der Waals surface area contributed by atoms with Crippen molar-refractivity contribution in [3.63, 3.8) is 0 Å². The third-order valence-corrected chi connectivity index (χ3v) is 5.37. The van der Waals surface area contributed by atoms with E-state index in [0.29, 0.717) is 36.1 Å². The summed E-state index contributed by atoms with van der Waals surface area (Å²) in [6.07, 6.45) is 6.19. The van der Waals surface area contributed by atoms with Gasteiger partial charge in [-0.05, 0) is 67.2 Å². The Kier molecular flexibility index (Phi) is 8.89. The Hall–Kier alpha value is -3.32. The molecule has 3 rings (SSSR count). The Balaban J connectivity index is 1.60. The lowest BCUT2D eigenvalue weighted by Gasteiger charge is -2.10. The minimum atomic E-state index is -0.420. The second kappa shape index (κ2) is 12.1. The number of carbonyl (C=O) groups excluding carboxylic acids is 3. The summed E-state index contributed by atoms with van der Waals surface area (Å²) < 4.78 is 13.7. The van der Waals surface area contributed by atoms with Crippen molar-refractivity contribution in [1.82, 2.24) is 10.6 Å². The second-order valence-electron chi connectivity index (χ2n) is 8.20. The molecule has 0 atom stereocenters. The lowest BCUT2D eigenvalue weighted by Crippen LogP contribution is -2.26. The number of nitrogens with one attached hydrogen (secondary N) is 2. The number of benzene rings is 2. The van der Waals surface area contributed by atoms with Gasteiger partial charge in [-0.15, -0.1) is 0 Å². The second-order valence-corrected chi connectivity index (χ2v) is 8.20. The molecule has 2 aromatic rings. The number of carbonyl (C=O) groups is 3. The van der Waals surface area contributed by atoms with E-state index < -0.39 is 12.4 Å². The molecule has 1 aliphatic carbocycles. The average Bonchev–Trinajstić information content (AvgIpc) is 3.63. The van der Waals surface area contributed by atoms with E-state index in [-0.39, 0.29) is 23.6 Å². The molecule has 0 saturated heterocycles. The van der Waals surface area contributed by atoms with Crippen LogP contribution in [-0.4, -0.2) is 41.9 Å². The molecule has 0 aliphatic heterocycles. The van der Waals surface area contributed by atoms with Crippen LogP contribution in [0.3, 0.4) is 0 Å². The predicted octanol–water partition coefficient (Wildman–Crippen LogP) is 3.50. The molecule has 3 N–H and O–H groups in total. The van der Waals surface area contributed by atoms with Crippen molar-refractivity contribution in [2.45, 2.75) is 44.6 Å². The third kappa shape index (κ3) is 7.95. The zero-order valence-corrected chi connectivity index (χ0v) is 18.5. The molecule has 174 valence electrons. The number of ketones is 1. The van der Waals surface area contributed by atoms with Crippen LogP contribution in [0.1, 0.15) is 60.0 Å². The minimum absolute atomic E-state index is 0.168. The van der Waals surface area contributed by atoms with Crippen LogP contribution in [0.15, 0.2) is 48.5 Å². The normalized spacial score (nSPS) is 13.5. The van der Waals surface area contributed by atoms with E-state index in [1.807, 2.05) is 0 Å². The maximum Gasteiger partial charge on any atom is 0.252 e. The fraction of sp³-hybridized carbons (Fsp3) is 0.346. The van der Waals surface area contributed by atoms with Crippen LogP contribution in [0.4, 0.5) is 4.39 Å². The minimum Gasteiger partial charge on any atom is -0.389 e. The molecule has 0 unspecified atom stereocenters. The van der Waals surface area contributed by atoms with Crippen LogP contribution in [0.25, 0.3) is 11.6 Å². The molecule has 2 aromatic carbocycles. The maximum atomic E-state index is 13.7. The van der Waals surface area contributed by atoms with Crippen LogP contribution in [0.5, 0.6) is 0 Å². The van der Waals surface area contributed by atoms with Gasteiger partial charge in [-0.2, -0.15) is 0 Å². The summed E-state index contributed by atoms with van der Waals surface area (Å²) in [7, 11) is 0. The molecule has 0 bridgehead atoms. The van der Waals surface area contributed by atoms with E-state index in [1.54, 1.807) is 42.5 Å². The Morgan fingerprint density at radius 2 is 1.76 bits per heavy atom. The third-order valence-electron chi connectivity index (χ3n) is 5.37. The quantitative estimate of drug-likeness (QED) is 0.261. The highest BCUT2D eigenvalue weighted by molar-refractivity contribution is 6.24. The number of rotatable bonds is 12. The first kappa shape index (κ1) is 24.3. The van der Waals surface area contributed by atoms with Crippen molar-refractivity contribution in [3.05, 3.63) is 71.0 Å². The van der Waals surface area contributed by atoms with Crippen LogP contribution in [0, 0.1) is 5.82 Å². The molecule has 7 heteroatoms. The molecule has 0 aromatic heterocycles. The first-order valence-electron chi connectivity index (χ1n) is 11.3. The highest BCUT2D eigenvalue weighted by atomic mass is 19.1. The molecule has 6 nitrogen and oxygen atoms in total. The molecular weight excluding hydrogens is 423 g/mol. The lowest BCUT2D eigenvalue weighted by molar-refractivity contribution is -0.121. The predicted molar refractivity (Wildman–Crippen MR) is 125 cm³/mol. The van der Waals surface area contributed by atoms with Crippen molar-refractivity contribution >= 4 is 29.2 Å². The van der Waals surface area contributed by atoms with E-state index in [1.165, 1.54) is 12.1 Å². The van der Waals surface area contributed by atoms with Crippen molar-refractivity contribution in [2.75, 3.05) is 13.2 Å². The van der Waals surface area contributed by atoms with Crippen molar-refractivity contribution < 1.29 is 23.9 Å². The standard InChI is InChI=1S/C26H29FN2O4/c27-21-6-4-5-20(16-21)24(26(33)29-22-12-13-22)15-18-8-10-19(11-9-18)25(32)28-14-3-1-2-7-23(31)17-30/h4-6,8-11,15-16,22,30H,1-3,7,12-14,17H2,(H,28,32)(H,29,33)/b24-15+. The van der Waals surface area contributed by atoms with Gasteiger partial charge >= 0.3 is 0 Å². The molecule has 2 amide bonds. The van der Waals surface area contributed by atoms with Crippen LogP contribution >= 0.6 is 0 Å². The zero-order chi connectivity index (χ0) is 23.6. The van der Waals surface area contributed by atoms with Crippen molar-refractivity contribution in [2.24, 2.45) is 0 Å². The number of aliphatic hydroxyl groups excluding tert-OH is 1. The fourth-order valence-corrected chi connectivity index (χ4v) is 3.33. The van der Waals surface area contributed by atoms with Crippen molar-refractivity contribution in [1.29, 1.82) is 0 Å². The van der Waals surface area contributed by atoms with Crippen LogP contribution in [0.2, 0.25) is 0 Å². The monoisotopic (exact) mass is 452 g/mol. The van der Waals surface area contributed by atoms with Gasteiger partial charge in [-0.1, -0.05) is 30.7 Å². The maximum absolute atomic E-state index is 13.7. The first-order valence-corrected chi connectivity index (χ1v) is 11.3. The summed E-state index contributed by atoms with van der Waals surface area (Å²) in [5, 5.41) is 14.5. The summed E-state index contributed by atoms with van der Waals surface area (Å²) in [4.78, 5) is 36.1. The largest absolute Gasteiger partial charge is 0.389 e. The number of halogens is 1. The fourth-order valence-electron chi connectivity index (χ4n) is 3.33. The van der Waals surface area contributed by atoms with E-state index in [2.05, 4.69) is 10.6 Å². The zero-order valence-electron chi connectivity index (χ0n) is 18.5. The number of hydrogen-bond acceptors (Lipinski definition) is 4. The summed E-state index contributed by atoms with van der Waals surface area (Å²) >= 11 is 0. The average molecular weight is 453 g/mol. The topological polar surface area (TPSA) is 95.5 Å². The van der Waals surface area contributed by atoms with Crippen LogP contribution in [-0.2, 0) is 9.59 Å². The SMILES string of the molecule is O=C(CO)CCCCCNC(=O)c1ccc(/C=C(/C(=O)NC2CC2)c2cccc(F)c2)cc1. The Bertz CT molecular complexity index is 1010. The molecule has 0 radical (unpaired) electrons. The molecule has 0 heterocycles. The van der Waals surface area contributed by atoms with E-state index in [0.717, 1.165) is 31.2 Å². The van der Waals surface area contributed by atoms with Gasteiger partial charge in [-0.3, -0.25) is 14.4 Å². The number of unbranched alkanes of at least 4 members (excludes halogenated alkanes) is 2. The van der Waals surface area contributed by atoms with Gasteiger partial charge in [0.15, 0.2) is 5.78 Å². The highest BCUT2D eigenvalue weighted by Crippen LogP contribution is 2.24. The highest BCUT2D eigenvalue weighted by Gasteiger charge is 2.25. The smallest absolute Gasteiger partial charge is 0.252 e. The van der Waals surface area contributed by atoms with Crippen molar-refractivity contribution in [3.8, 4) is 0 Å². The van der Waals surface area contributed by atoms with Gasteiger partial charge in [0.1, 0.15) is 12.4 Å². The summed E-state index contributed by atoms with van der Waals surface area (Å²) in [6.45, 7) is 0.0791. The summed E-state index contributed by atoms with van der Waals surface area (Å²) in [6, 6.07) is 13.0. The first-order chi connectivity index (χ1) is 16.0. The molecular formula is C26H29FN2O4. The molecule has 1 saturated carbocycles. The van der Waals surface area contributed by atoms with E-state index >= 15 is 0 Å². The number of aliphatic hydroxyl groups is 1. The summed E-state index contributed by atoms with van der Waals surface area (Å²) in [5.74, 6) is -1.03. The van der Waals surface area contributed by atoms with E-state index in [9.17, 15) is 18.8 Å². The molecule has 33 heavy (non-hydrogen) atoms. The number of hydrogen-bond donors (Lipinski definition) is 3. The molecule has 1 aliphatic rings. The number of amides is 2. The van der Waals surface area contributed by atoms with Gasteiger partial charge in [0, 0.05) is 30.1 Å². The number of Topliss-reactive ketones (excluding diaryl/α,β-unsaturated/α-hetero) is 1. The van der Waals surface area contributed by atoms with Gasteiger partial charge < -0.3 is 15.7 Å². The Morgan fingerprint density at radius 3 is 2.42 bits per heavy atom. The lowest BCUT2D eigenvalue weighted by atomic mass is 10.0. The molecule has 0 spiro atoms. The van der Waals surface area contributed by atoms with Gasteiger partial charge in [0.05, 0.1) is 0 Å². The van der Waals surface area contributed by atoms with Gasteiger partial charge in [0.2, 0.25) is 0 Å². The van der Waals surface area contributed by atoms with E-state index in [4.69, 9.17) is 5.11 Å². The van der Waals surface area contributed by atoms with Gasteiger partial charge in [0.25, 0.3) is 11.8 Å². The Labute approximate surface area is 192 Å².